The largest absolute Gasteiger partial charge is 0.339 e. The van der Waals surface area contributed by atoms with Gasteiger partial charge < -0.3 is 5.32 Å². The number of carbonyl (C=O) groups is 1. The molecule has 0 aliphatic rings. The van der Waals surface area contributed by atoms with Gasteiger partial charge in [-0.15, -0.1) is 0 Å². The summed E-state index contributed by atoms with van der Waals surface area (Å²) in [6.07, 6.45) is 1.60. The van der Waals surface area contributed by atoms with Crippen molar-refractivity contribution >= 4 is 17.9 Å². The van der Waals surface area contributed by atoms with E-state index in [1.54, 1.807) is 6.21 Å². The quantitative estimate of drug-likeness (QED) is 0.230. The average molecular weight is 458 g/mol. The van der Waals surface area contributed by atoms with Crippen molar-refractivity contribution in [1.29, 1.82) is 0 Å². The van der Waals surface area contributed by atoms with Crippen LogP contribution >= 0.6 is 0 Å². The van der Waals surface area contributed by atoms with Gasteiger partial charge in [0.2, 0.25) is 0 Å². The SMILES string of the molecule is O=C(N/N=C/c1ccc(-n2nc(-c3ccccc3)cc2-c2ccccc2)cc1)Nc1ccccc1. The molecule has 4 aromatic carbocycles. The number of amides is 2. The summed E-state index contributed by atoms with van der Waals surface area (Å²) < 4.78 is 1.95. The second-order valence-corrected chi connectivity index (χ2v) is 7.84. The zero-order valence-electron chi connectivity index (χ0n) is 18.9. The van der Waals surface area contributed by atoms with Crippen molar-refractivity contribution in [3.05, 3.63) is 127 Å². The second kappa shape index (κ2) is 10.3. The van der Waals surface area contributed by atoms with E-state index in [1.807, 2.05) is 95.7 Å². The third-order valence-corrected chi connectivity index (χ3v) is 5.40. The van der Waals surface area contributed by atoms with Crippen LogP contribution in [0.3, 0.4) is 0 Å². The number of aromatic nitrogens is 2. The van der Waals surface area contributed by atoms with Gasteiger partial charge in [-0.05, 0) is 35.9 Å². The minimum absolute atomic E-state index is 0.401. The lowest BCUT2D eigenvalue weighted by atomic mass is 10.1. The van der Waals surface area contributed by atoms with Gasteiger partial charge in [-0.1, -0.05) is 91.0 Å². The van der Waals surface area contributed by atoms with Crippen molar-refractivity contribution < 1.29 is 4.79 Å². The molecule has 6 nitrogen and oxygen atoms in total. The lowest BCUT2D eigenvalue weighted by Gasteiger charge is -2.08. The summed E-state index contributed by atoms with van der Waals surface area (Å²) in [5.41, 5.74) is 9.02. The summed E-state index contributed by atoms with van der Waals surface area (Å²) in [6.45, 7) is 0. The van der Waals surface area contributed by atoms with Crippen LogP contribution in [-0.4, -0.2) is 22.0 Å². The highest BCUT2D eigenvalue weighted by molar-refractivity contribution is 5.90. The first-order chi connectivity index (χ1) is 17.3. The van der Waals surface area contributed by atoms with E-state index in [-0.39, 0.29) is 0 Å². The van der Waals surface area contributed by atoms with Gasteiger partial charge in [-0.2, -0.15) is 10.2 Å². The molecule has 6 heteroatoms. The molecule has 0 bridgehead atoms. The van der Waals surface area contributed by atoms with Gasteiger partial charge in [-0.25, -0.2) is 14.9 Å². The van der Waals surface area contributed by atoms with Crippen LogP contribution in [0.2, 0.25) is 0 Å². The Morgan fingerprint density at radius 3 is 2.00 bits per heavy atom. The van der Waals surface area contributed by atoms with E-state index in [2.05, 4.69) is 46.2 Å². The molecule has 0 aliphatic carbocycles. The lowest BCUT2D eigenvalue weighted by molar-refractivity contribution is 0.252. The van der Waals surface area contributed by atoms with Gasteiger partial charge in [0.05, 0.1) is 23.3 Å². The second-order valence-electron chi connectivity index (χ2n) is 7.84. The predicted molar refractivity (Wildman–Crippen MR) is 141 cm³/mol. The molecule has 0 fully saturated rings. The third kappa shape index (κ3) is 5.34. The fourth-order valence-corrected chi connectivity index (χ4v) is 3.69. The van der Waals surface area contributed by atoms with Crippen molar-refractivity contribution in [2.24, 2.45) is 5.10 Å². The molecular weight excluding hydrogens is 434 g/mol. The number of hydrogen-bond acceptors (Lipinski definition) is 3. The van der Waals surface area contributed by atoms with Gasteiger partial charge in [0.15, 0.2) is 0 Å². The van der Waals surface area contributed by atoms with Crippen LogP contribution in [0.15, 0.2) is 126 Å². The molecule has 0 saturated carbocycles. The summed E-state index contributed by atoms with van der Waals surface area (Å²) in [6, 6.07) is 39.1. The lowest BCUT2D eigenvalue weighted by Crippen LogP contribution is -2.24. The maximum atomic E-state index is 12.0. The van der Waals surface area contributed by atoms with Gasteiger partial charge in [0.1, 0.15) is 0 Å². The Morgan fingerprint density at radius 1 is 0.743 bits per heavy atom. The molecule has 35 heavy (non-hydrogen) atoms. The highest BCUT2D eigenvalue weighted by Gasteiger charge is 2.13. The number of para-hydroxylation sites is 1. The zero-order valence-corrected chi connectivity index (χ0v) is 18.9. The molecule has 2 N–H and O–H groups in total. The topological polar surface area (TPSA) is 71.3 Å². The van der Waals surface area contributed by atoms with Crippen molar-refractivity contribution in [2.75, 3.05) is 5.32 Å². The fourth-order valence-electron chi connectivity index (χ4n) is 3.69. The third-order valence-electron chi connectivity index (χ3n) is 5.40. The van der Waals surface area contributed by atoms with Gasteiger partial charge in [0, 0.05) is 16.8 Å². The molecule has 1 heterocycles. The summed E-state index contributed by atoms with van der Waals surface area (Å²) in [5.74, 6) is 0. The maximum Gasteiger partial charge on any atom is 0.339 e. The Balaban J connectivity index is 1.35. The van der Waals surface area contributed by atoms with E-state index in [9.17, 15) is 4.79 Å². The van der Waals surface area contributed by atoms with E-state index < -0.39 is 6.03 Å². The number of nitrogens with one attached hydrogen (secondary N) is 2. The highest BCUT2D eigenvalue weighted by Crippen LogP contribution is 2.28. The Hall–Kier alpha value is -4.97. The number of hydrazone groups is 1. The van der Waals surface area contributed by atoms with Crippen LogP contribution in [0, 0.1) is 0 Å². The van der Waals surface area contributed by atoms with Crippen molar-refractivity contribution in [3.8, 4) is 28.2 Å². The molecule has 5 rings (SSSR count). The van der Waals surface area contributed by atoms with E-state index in [0.29, 0.717) is 5.69 Å². The normalized spacial score (nSPS) is 10.9. The van der Waals surface area contributed by atoms with Crippen LogP contribution in [0.1, 0.15) is 5.56 Å². The van der Waals surface area contributed by atoms with E-state index in [4.69, 9.17) is 5.10 Å². The summed E-state index contributed by atoms with van der Waals surface area (Å²) in [4.78, 5) is 12.0. The Bertz CT molecular complexity index is 1430. The number of carbonyl (C=O) groups excluding carboxylic acids is 1. The minimum Gasteiger partial charge on any atom is -0.307 e. The molecule has 5 aromatic rings. The van der Waals surface area contributed by atoms with Crippen LogP contribution < -0.4 is 10.7 Å². The highest BCUT2D eigenvalue weighted by atomic mass is 16.2. The van der Waals surface area contributed by atoms with Crippen LogP contribution in [-0.2, 0) is 0 Å². The van der Waals surface area contributed by atoms with Crippen LogP contribution in [0.4, 0.5) is 10.5 Å². The van der Waals surface area contributed by atoms with Crippen LogP contribution in [0.25, 0.3) is 28.2 Å². The van der Waals surface area contributed by atoms with Crippen molar-refractivity contribution in [1.82, 2.24) is 15.2 Å². The maximum absolute atomic E-state index is 12.0. The first-order valence-corrected chi connectivity index (χ1v) is 11.2. The molecule has 0 radical (unpaired) electrons. The standard InChI is InChI=1S/C29H23N5O/c35-29(31-25-14-8-3-9-15-25)32-30-21-22-16-18-26(19-17-22)34-28(24-12-6-2-7-13-24)20-27(33-34)23-10-4-1-5-11-23/h1-21H,(H2,31,32,35)/b30-21+. The Morgan fingerprint density at radius 2 is 1.34 bits per heavy atom. The number of nitrogens with zero attached hydrogens (tertiary/aromatic N) is 3. The molecule has 0 aliphatic heterocycles. The molecule has 1 aromatic heterocycles. The van der Waals surface area contributed by atoms with Gasteiger partial charge in [0.25, 0.3) is 0 Å². The Kier molecular flexibility index (Phi) is 6.44. The van der Waals surface area contributed by atoms with E-state index in [1.165, 1.54) is 0 Å². The number of benzene rings is 4. The summed E-state index contributed by atoms with van der Waals surface area (Å²) in [7, 11) is 0. The number of anilines is 1. The first kappa shape index (κ1) is 21.9. The van der Waals surface area contributed by atoms with E-state index >= 15 is 0 Å². The number of urea groups is 1. The molecule has 170 valence electrons. The first-order valence-electron chi connectivity index (χ1n) is 11.2. The van der Waals surface area contributed by atoms with Gasteiger partial charge >= 0.3 is 6.03 Å². The summed E-state index contributed by atoms with van der Waals surface area (Å²) >= 11 is 0. The predicted octanol–water partition coefficient (Wildman–Crippen LogP) is 6.36. The molecule has 0 unspecified atom stereocenters. The molecule has 2 amide bonds. The van der Waals surface area contributed by atoms with E-state index in [0.717, 1.165) is 33.8 Å². The molecular formula is C29H23N5O. The monoisotopic (exact) mass is 457 g/mol. The minimum atomic E-state index is -0.401. The average Bonchev–Trinajstić information content (AvgIpc) is 3.36. The molecule has 0 atom stereocenters. The van der Waals surface area contributed by atoms with Crippen LogP contribution in [0.5, 0.6) is 0 Å². The van der Waals surface area contributed by atoms with Crippen molar-refractivity contribution in [3.63, 3.8) is 0 Å². The fraction of sp³-hybridized carbons (Fsp3) is 0. The zero-order chi connectivity index (χ0) is 23.9. The van der Waals surface area contributed by atoms with Crippen molar-refractivity contribution in [2.45, 2.75) is 0 Å². The smallest absolute Gasteiger partial charge is 0.307 e. The number of hydrogen-bond donors (Lipinski definition) is 2. The van der Waals surface area contributed by atoms with Gasteiger partial charge in [-0.3, -0.25) is 0 Å². The Labute approximate surface area is 203 Å². The molecule has 0 spiro atoms. The number of rotatable bonds is 6. The summed E-state index contributed by atoms with van der Waals surface area (Å²) in [5, 5.41) is 11.7. The molecule has 0 saturated heterocycles.